The minimum absolute atomic E-state index is 0.0497. The summed E-state index contributed by atoms with van der Waals surface area (Å²) in [6.45, 7) is 2.62. The zero-order valence-electron chi connectivity index (χ0n) is 14.3. The molecule has 0 radical (unpaired) electrons. The first-order valence-electron chi connectivity index (χ1n) is 8.52. The number of nitrogens with zero attached hydrogens (tertiary/aromatic N) is 3. The number of fused-ring (bicyclic) bond motifs is 2. The topological polar surface area (TPSA) is 105 Å². The second kappa shape index (κ2) is 6.19. The summed E-state index contributed by atoms with van der Waals surface area (Å²) >= 11 is 0. The van der Waals surface area contributed by atoms with Crippen LogP contribution in [0.15, 0.2) is 29.2 Å². The Bertz CT molecular complexity index is 981. The number of nitrogens with one attached hydrogen (secondary N) is 1. The smallest absolute Gasteiger partial charge is 0.243 e. The van der Waals surface area contributed by atoms with Gasteiger partial charge in [-0.15, -0.1) is 0 Å². The van der Waals surface area contributed by atoms with Crippen molar-refractivity contribution in [3.63, 3.8) is 0 Å². The normalized spacial score (nSPS) is 18.8. The average Bonchev–Trinajstić information content (AvgIpc) is 3.04. The molecule has 0 spiro atoms. The third-order valence-corrected chi connectivity index (χ3v) is 6.66. The maximum atomic E-state index is 13.0. The van der Waals surface area contributed by atoms with Crippen LogP contribution in [0.25, 0.3) is 0 Å². The lowest BCUT2D eigenvalue weighted by atomic mass is 10.0. The monoisotopic (exact) mass is 376 g/mol. The summed E-state index contributed by atoms with van der Waals surface area (Å²) in [7, 11) is -3.65. The summed E-state index contributed by atoms with van der Waals surface area (Å²) in [4.78, 5) is 11.7. The van der Waals surface area contributed by atoms with Gasteiger partial charge in [0.1, 0.15) is 0 Å². The largest absolute Gasteiger partial charge is 0.387 e. The summed E-state index contributed by atoms with van der Waals surface area (Å²) < 4.78 is 29.3. The predicted molar refractivity (Wildman–Crippen MR) is 93.8 cm³/mol. The van der Waals surface area contributed by atoms with E-state index in [2.05, 4.69) is 10.4 Å². The van der Waals surface area contributed by atoms with E-state index in [0.29, 0.717) is 37.3 Å². The summed E-state index contributed by atoms with van der Waals surface area (Å²) in [5, 5.41) is 16.7. The van der Waals surface area contributed by atoms with E-state index >= 15 is 0 Å². The number of aliphatic hydroxyl groups is 1. The van der Waals surface area contributed by atoms with Gasteiger partial charge in [-0.2, -0.15) is 9.40 Å². The fraction of sp³-hybridized carbons (Fsp3) is 0.412. The van der Waals surface area contributed by atoms with Crippen molar-refractivity contribution in [1.82, 2.24) is 14.1 Å². The first-order chi connectivity index (χ1) is 12.3. The molecule has 0 fully saturated rings. The number of anilines is 1. The Balaban J connectivity index is 1.62. The van der Waals surface area contributed by atoms with Crippen molar-refractivity contribution in [3.05, 3.63) is 41.2 Å². The third kappa shape index (κ3) is 2.91. The number of sulfonamides is 1. The van der Waals surface area contributed by atoms with Crippen molar-refractivity contribution >= 4 is 21.6 Å². The van der Waals surface area contributed by atoms with Crippen LogP contribution in [0.3, 0.4) is 0 Å². The zero-order valence-corrected chi connectivity index (χ0v) is 15.2. The van der Waals surface area contributed by atoms with E-state index in [0.717, 1.165) is 11.3 Å². The maximum Gasteiger partial charge on any atom is 0.243 e. The highest BCUT2D eigenvalue weighted by atomic mass is 32.2. The van der Waals surface area contributed by atoms with Crippen LogP contribution in [-0.4, -0.2) is 40.1 Å². The van der Waals surface area contributed by atoms with Gasteiger partial charge in [0.2, 0.25) is 15.9 Å². The Labute approximate surface area is 151 Å². The van der Waals surface area contributed by atoms with E-state index in [9.17, 15) is 18.3 Å². The molecule has 1 aromatic heterocycles. The lowest BCUT2D eigenvalue weighted by Gasteiger charge is -2.27. The third-order valence-electron chi connectivity index (χ3n) is 4.82. The Morgan fingerprint density at radius 3 is 2.81 bits per heavy atom. The van der Waals surface area contributed by atoms with E-state index in [1.807, 2.05) is 0 Å². The zero-order chi connectivity index (χ0) is 18.5. The molecule has 1 aromatic carbocycles. The van der Waals surface area contributed by atoms with Gasteiger partial charge >= 0.3 is 0 Å². The minimum Gasteiger partial charge on any atom is -0.387 e. The van der Waals surface area contributed by atoms with Gasteiger partial charge in [-0.25, -0.2) is 8.42 Å². The van der Waals surface area contributed by atoms with Crippen LogP contribution in [0.1, 0.15) is 36.4 Å². The molecule has 2 N–H and O–H groups in total. The Kier molecular flexibility index (Phi) is 4.09. The molecule has 3 heterocycles. The van der Waals surface area contributed by atoms with Crippen LogP contribution in [0.2, 0.25) is 0 Å². The van der Waals surface area contributed by atoms with E-state index < -0.39 is 16.1 Å². The quantitative estimate of drug-likeness (QED) is 0.832. The SMILES string of the molecule is C[C@@H](O)c1cc2n(n1)CCN(S(=O)(=O)c1ccc3c(c1)CCC(=O)N3)C2. The number of aryl methyl sites for hydroxylation is 1. The fourth-order valence-electron chi connectivity index (χ4n) is 3.34. The molecule has 0 aliphatic carbocycles. The van der Waals surface area contributed by atoms with Crippen molar-refractivity contribution in [1.29, 1.82) is 0 Å². The maximum absolute atomic E-state index is 13.0. The van der Waals surface area contributed by atoms with E-state index in [1.54, 1.807) is 29.8 Å². The van der Waals surface area contributed by atoms with Gasteiger partial charge < -0.3 is 10.4 Å². The number of benzene rings is 1. The number of rotatable bonds is 3. The van der Waals surface area contributed by atoms with Gasteiger partial charge in [0, 0.05) is 18.7 Å². The van der Waals surface area contributed by atoms with E-state index in [4.69, 9.17) is 0 Å². The van der Waals surface area contributed by atoms with Crippen LogP contribution in [0.5, 0.6) is 0 Å². The van der Waals surface area contributed by atoms with Crippen LogP contribution < -0.4 is 5.32 Å². The van der Waals surface area contributed by atoms with Crippen molar-refractivity contribution in [2.24, 2.45) is 0 Å². The molecule has 2 aliphatic rings. The van der Waals surface area contributed by atoms with Crippen LogP contribution in [0, 0.1) is 0 Å². The average molecular weight is 376 g/mol. The number of hydrogen-bond donors (Lipinski definition) is 2. The van der Waals surface area contributed by atoms with Crippen LogP contribution in [-0.2, 0) is 34.3 Å². The summed E-state index contributed by atoms with van der Waals surface area (Å²) in [5.74, 6) is -0.0497. The summed E-state index contributed by atoms with van der Waals surface area (Å²) in [6, 6.07) is 6.58. The molecule has 1 atom stereocenters. The number of hydrogen-bond acceptors (Lipinski definition) is 5. The van der Waals surface area contributed by atoms with Gasteiger partial charge in [0.05, 0.1) is 35.5 Å². The molecule has 1 amide bonds. The first-order valence-corrected chi connectivity index (χ1v) is 9.96. The fourth-order valence-corrected chi connectivity index (χ4v) is 4.80. The first kappa shape index (κ1) is 17.2. The second-order valence-corrected chi connectivity index (χ2v) is 8.60. The van der Waals surface area contributed by atoms with Crippen molar-refractivity contribution in [2.75, 3.05) is 11.9 Å². The molecule has 138 valence electrons. The minimum atomic E-state index is -3.65. The van der Waals surface area contributed by atoms with Crippen molar-refractivity contribution in [2.45, 2.75) is 43.9 Å². The highest BCUT2D eigenvalue weighted by Crippen LogP contribution is 2.29. The molecule has 0 saturated carbocycles. The number of carbonyl (C=O) groups is 1. The number of aliphatic hydroxyl groups excluding tert-OH is 1. The Morgan fingerprint density at radius 1 is 1.23 bits per heavy atom. The van der Waals surface area contributed by atoms with Crippen molar-refractivity contribution < 1.29 is 18.3 Å². The lowest BCUT2D eigenvalue weighted by Crippen LogP contribution is -2.38. The molecule has 4 rings (SSSR count). The lowest BCUT2D eigenvalue weighted by molar-refractivity contribution is -0.116. The van der Waals surface area contributed by atoms with Crippen molar-refractivity contribution in [3.8, 4) is 0 Å². The van der Waals surface area contributed by atoms with Gasteiger partial charge in [-0.3, -0.25) is 9.48 Å². The number of aromatic nitrogens is 2. The van der Waals surface area contributed by atoms with E-state index in [-0.39, 0.29) is 17.3 Å². The molecule has 26 heavy (non-hydrogen) atoms. The second-order valence-electron chi connectivity index (χ2n) is 6.67. The highest BCUT2D eigenvalue weighted by molar-refractivity contribution is 7.89. The standard InChI is InChI=1S/C17H20N4O4S/c1-11(22)16-9-13-10-20(6-7-21(13)19-16)26(24,25)14-3-4-15-12(8-14)2-5-17(23)18-15/h3-4,8-9,11,22H,2,5-7,10H2,1H3,(H,18,23)/t11-/m1/s1. The van der Waals surface area contributed by atoms with Crippen LogP contribution >= 0.6 is 0 Å². The summed E-state index contributed by atoms with van der Waals surface area (Å²) in [6.07, 6.45) is 0.213. The summed E-state index contributed by atoms with van der Waals surface area (Å²) in [5.41, 5.74) is 2.83. The van der Waals surface area contributed by atoms with E-state index in [1.165, 1.54) is 10.4 Å². The molecular formula is C17H20N4O4S. The molecule has 8 nitrogen and oxygen atoms in total. The number of amides is 1. The van der Waals surface area contributed by atoms with Gasteiger partial charge in [0.15, 0.2) is 0 Å². The van der Waals surface area contributed by atoms with Gasteiger partial charge in [0.25, 0.3) is 0 Å². The molecule has 0 saturated heterocycles. The molecule has 2 aromatic rings. The molecular weight excluding hydrogens is 356 g/mol. The molecule has 9 heteroatoms. The molecule has 0 unspecified atom stereocenters. The molecule has 0 bridgehead atoms. The predicted octanol–water partition coefficient (Wildman–Crippen LogP) is 1.03. The molecule has 2 aliphatic heterocycles. The number of carbonyl (C=O) groups excluding carboxylic acids is 1. The highest BCUT2D eigenvalue weighted by Gasteiger charge is 2.30. The Hall–Kier alpha value is -2.23. The van der Waals surface area contributed by atoms with Gasteiger partial charge in [-0.05, 0) is 43.2 Å². The van der Waals surface area contributed by atoms with Crippen LogP contribution in [0.4, 0.5) is 5.69 Å². The Morgan fingerprint density at radius 2 is 2.04 bits per heavy atom. The van der Waals surface area contributed by atoms with Gasteiger partial charge in [-0.1, -0.05) is 0 Å².